The van der Waals surface area contributed by atoms with E-state index in [0.717, 1.165) is 22.6 Å². The number of carbonyl (C=O) groups is 1. The van der Waals surface area contributed by atoms with Crippen molar-refractivity contribution in [2.24, 2.45) is 0 Å². The molecule has 1 N–H and O–H groups in total. The van der Waals surface area contributed by atoms with Crippen molar-refractivity contribution < 1.29 is 9.53 Å². The highest BCUT2D eigenvalue weighted by Gasteiger charge is 2.18. The molecule has 0 saturated carbocycles. The van der Waals surface area contributed by atoms with Crippen LogP contribution in [0.15, 0.2) is 60.8 Å². The number of aryl methyl sites for hydroxylation is 1. The molecule has 1 heterocycles. The Hall–Kier alpha value is -3.15. The van der Waals surface area contributed by atoms with Crippen LogP contribution in [0.5, 0.6) is 5.75 Å². The number of nitrogens with zero attached hydrogens (tertiary/aromatic N) is 3. The fourth-order valence-electron chi connectivity index (χ4n) is 2.65. The zero-order valence-electron chi connectivity index (χ0n) is 14.2. The first-order valence-electron chi connectivity index (χ1n) is 8.00. The molecule has 6 nitrogen and oxygen atoms in total. The number of methoxy groups -OCH3 is 1. The molecule has 0 bridgehead atoms. The van der Waals surface area contributed by atoms with Crippen molar-refractivity contribution in [3.8, 4) is 5.75 Å². The van der Waals surface area contributed by atoms with Crippen LogP contribution < -0.4 is 10.1 Å². The first-order valence-corrected chi connectivity index (χ1v) is 8.00. The summed E-state index contributed by atoms with van der Waals surface area (Å²) in [4.78, 5) is 12.5. The molecular formula is C19H20N4O2. The molecule has 1 atom stereocenters. The minimum atomic E-state index is -0.270. The monoisotopic (exact) mass is 336 g/mol. The third-order valence-corrected chi connectivity index (χ3v) is 3.82. The highest BCUT2D eigenvalue weighted by atomic mass is 16.5. The molecule has 128 valence electrons. The van der Waals surface area contributed by atoms with Crippen LogP contribution in [0.3, 0.4) is 0 Å². The number of rotatable bonds is 6. The lowest BCUT2D eigenvalue weighted by atomic mass is 9.98. The predicted octanol–water partition coefficient (Wildman–Crippen LogP) is 2.50. The topological polar surface area (TPSA) is 69.0 Å². The van der Waals surface area contributed by atoms with E-state index in [2.05, 4.69) is 15.6 Å². The predicted molar refractivity (Wildman–Crippen MR) is 94.2 cm³/mol. The van der Waals surface area contributed by atoms with Gasteiger partial charge in [0.2, 0.25) is 5.91 Å². The van der Waals surface area contributed by atoms with Gasteiger partial charge in [0.25, 0.3) is 0 Å². The normalized spacial score (nSPS) is 11.8. The van der Waals surface area contributed by atoms with Gasteiger partial charge in [0, 0.05) is 6.20 Å². The maximum Gasteiger partial charge on any atom is 0.242 e. The quantitative estimate of drug-likeness (QED) is 0.751. The Morgan fingerprint density at radius 2 is 1.92 bits per heavy atom. The molecule has 0 aliphatic heterocycles. The molecule has 3 rings (SSSR count). The molecule has 6 heteroatoms. The molecule has 0 saturated heterocycles. The van der Waals surface area contributed by atoms with E-state index in [1.807, 2.05) is 61.5 Å². The average Bonchev–Trinajstić information content (AvgIpc) is 3.05. The second-order valence-corrected chi connectivity index (χ2v) is 5.75. The SMILES string of the molecule is COc1cccc(C(NC(=O)Cn2cc(C)nn2)c2ccccc2)c1. The summed E-state index contributed by atoms with van der Waals surface area (Å²) in [5, 5.41) is 10.9. The van der Waals surface area contributed by atoms with E-state index in [1.165, 1.54) is 4.68 Å². The highest BCUT2D eigenvalue weighted by Crippen LogP contribution is 2.25. The molecule has 0 spiro atoms. The third kappa shape index (κ3) is 4.23. The van der Waals surface area contributed by atoms with Crippen LogP contribution in [0.2, 0.25) is 0 Å². The maximum absolute atomic E-state index is 12.5. The molecule has 2 aromatic carbocycles. The van der Waals surface area contributed by atoms with Crippen molar-refractivity contribution in [3.63, 3.8) is 0 Å². The molecule has 0 radical (unpaired) electrons. The van der Waals surface area contributed by atoms with E-state index in [-0.39, 0.29) is 18.5 Å². The van der Waals surface area contributed by atoms with Crippen molar-refractivity contribution in [1.82, 2.24) is 20.3 Å². The summed E-state index contributed by atoms with van der Waals surface area (Å²) in [6, 6.07) is 17.3. The number of benzene rings is 2. The van der Waals surface area contributed by atoms with Gasteiger partial charge in [-0.2, -0.15) is 0 Å². The van der Waals surface area contributed by atoms with Gasteiger partial charge in [0.15, 0.2) is 0 Å². The van der Waals surface area contributed by atoms with Crippen molar-refractivity contribution in [2.75, 3.05) is 7.11 Å². The van der Waals surface area contributed by atoms with Crippen LogP contribution in [0.1, 0.15) is 22.9 Å². The first kappa shape index (κ1) is 16.7. The molecule has 0 aliphatic carbocycles. The fourth-order valence-corrected chi connectivity index (χ4v) is 2.65. The largest absolute Gasteiger partial charge is 0.497 e. The Balaban J connectivity index is 1.84. The molecule has 0 aliphatic rings. The number of hydrogen-bond acceptors (Lipinski definition) is 4. The van der Waals surface area contributed by atoms with Crippen LogP contribution in [0.25, 0.3) is 0 Å². The van der Waals surface area contributed by atoms with E-state index in [9.17, 15) is 4.79 Å². The minimum absolute atomic E-state index is 0.119. The molecule has 0 fully saturated rings. The summed E-state index contributed by atoms with van der Waals surface area (Å²) in [5.74, 6) is 0.612. The van der Waals surface area contributed by atoms with Gasteiger partial charge in [-0.05, 0) is 30.2 Å². The summed E-state index contributed by atoms with van der Waals surface area (Å²) >= 11 is 0. The van der Waals surface area contributed by atoms with E-state index < -0.39 is 0 Å². The number of nitrogens with one attached hydrogen (secondary N) is 1. The van der Waals surface area contributed by atoms with Crippen molar-refractivity contribution in [3.05, 3.63) is 77.6 Å². The molecule has 1 amide bonds. The second-order valence-electron chi connectivity index (χ2n) is 5.75. The number of hydrogen-bond donors (Lipinski definition) is 1. The Kier molecular flexibility index (Phi) is 5.09. The third-order valence-electron chi connectivity index (χ3n) is 3.82. The number of aromatic nitrogens is 3. The van der Waals surface area contributed by atoms with E-state index in [1.54, 1.807) is 13.3 Å². The summed E-state index contributed by atoms with van der Waals surface area (Å²) in [6.45, 7) is 1.96. The standard InChI is InChI=1S/C19H20N4O2/c1-14-12-23(22-21-14)13-18(24)20-19(15-7-4-3-5-8-15)16-9-6-10-17(11-16)25-2/h3-12,19H,13H2,1-2H3,(H,20,24). The summed E-state index contributed by atoms with van der Waals surface area (Å²) in [7, 11) is 1.63. The Bertz CT molecular complexity index is 845. The van der Waals surface area contributed by atoms with Gasteiger partial charge < -0.3 is 10.1 Å². The van der Waals surface area contributed by atoms with E-state index in [4.69, 9.17) is 4.74 Å². The molecule has 1 aromatic heterocycles. The summed E-state index contributed by atoms with van der Waals surface area (Å²) in [6.07, 6.45) is 1.74. The minimum Gasteiger partial charge on any atom is -0.497 e. The molecular weight excluding hydrogens is 316 g/mol. The molecule has 1 unspecified atom stereocenters. The second kappa shape index (κ2) is 7.61. The molecule has 3 aromatic rings. The first-order chi connectivity index (χ1) is 12.2. The van der Waals surface area contributed by atoms with E-state index >= 15 is 0 Å². The maximum atomic E-state index is 12.5. The van der Waals surface area contributed by atoms with Crippen molar-refractivity contribution in [2.45, 2.75) is 19.5 Å². The van der Waals surface area contributed by atoms with Crippen molar-refractivity contribution >= 4 is 5.91 Å². The lowest BCUT2D eigenvalue weighted by Gasteiger charge is -2.20. The smallest absolute Gasteiger partial charge is 0.242 e. The Morgan fingerprint density at radius 1 is 1.16 bits per heavy atom. The van der Waals surface area contributed by atoms with Crippen LogP contribution in [0.4, 0.5) is 0 Å². The van der Waals surface area contributed by atoms with Crippen molar-refractivity contribution in [1.29, 1.82) is 0 Å². The fraction of sp³-hybridized carbons (Fsp3) is 0.211. The van der Waals surface area contributed by atoms with Gasteiger partial charge in [-0.1, -0.05) is 47.7 Å². The summed E-state index contributed by atoms with van der Waals surface area (Å²) < 4.78 is 6.84. The summed E-state index contributed by atoms with van der Waals surface area (Å²) in [5.41, 5.74) is 2.73. The van der Waals surface area contributed by atoms with Gasteiger partial charge >= 0.3 is 0 Å². The average molecular weight is 336 g/mol. The van der Waals surface area contributed by atoms with Gasteiger partial charge in [-0.25, -0.2) is 4.68 Å². The van der Waals surface area contributed by atoms with E-state index in [0.29, 0.717) is 0 Å². The highest BCUT2D eigenvalue weighted by molar-refractivity contribution is 5.76. The van der Waals surface area contributed by atoms with Crippen LogP contribution >= 0.6 is 0 Å². The zero-order valence-corrected chi connectivity index (χ0v) is 14.2. The number of amides is 1. The number of ether oxygens (including phenoxy) is 1. The van der Waals surface area contributed by atoms with Gasteiger partial charge in [0.05, 0.1) is 18.8 Å². The van der Waals surface area contributed by atoms with Crippen LogP contribution in [0, 0.1) is 6.92 Å². The molecule has 25 heavy (non-hydrogen) atoms. The van der Waals surface area contributed by atoms with Gasteiger partial charge in [-0.15, -0.1) is 5.10 Å². The zero-order chi connectivity index (χ0) is 17.6. The Morgan fingerprint density at radius 3 is 2.60 bits per heavy atom. The van der Waals surface area contributed by atoms with Crippen LogP contribution in [-0.2, 0) is 11.3 Å². The number of carbonyl (C=O) groups excluding carboxylic acids is 1. The van der Waals surface area contributed by atoms with Crippen LogP contribution in [-0.4, -0.2) is 28.0 Å². The van der Waals surface area contributed by atoms with Gasteiger partial charge in [-0.3, -0.25) is 4.79 Å². The lowest BCUT2D eigenvalue weighted by Crippen LogP contribution is -2.32. The lowest BCUT2D eigenvalue weighted by molar-refractivity contribution is -0.122. The Labute approximate surface area is 146 Å². The van der Waals surface area contributed by atoms with Gasteiger partial charge in [0.1, 0.15) is 12.3 Å².